The zero-order chi connectivity index (χ0) is 13.7. The molecule has 1 atom stereocenters. The van der Waals surface area contributed by atoms with Crippen LogP contribution < -0.4 is 10.2 Å². The maximum atomic E-state index is 11.4. The smallest absolute Gasteiger partial charge is 0.315 e. The van der Waals surface area contributed by atoms with Gasteiger partial charge in [0.2, 0.25) is 5.91 Å². The minimum Gasteiger partial charge on any atom is -0.481 e. The summed E-state index contributed by atoms with van der Waals surface area (Å²) in [5.74, 6) is -2.61. The number of carboxylic acids is 1. The fraction of sp³-hybridized carbons (Fsp3) is 0.385. The van der Waals surface area contributed by atoms with Gasteiger partial charge < -0.3 is 15.3 Å². The van der Waals surface area contributed by atoms with E-state index < -0.39 is 17.8 Å². The zero-order valence-corrected chi connectivity index (χ0v) is 10.8. The summed E-state index contributed by atoms with van der Waals surface area (Å²) in [5, 5.41) is 11.3. The van der Waals surface area contributed by atoms with Crippen molar-refractivity contribution in [3.63, 3.8) is 0 Å². The van der Waals surface area contributed by atoms with Crippen molar-refractivity contribution in [2.75, 3.05) is 19.0 Å². The summed E-state index contributed by atoms with van der Waals surface area (Å²) in [4.78, 5) is 24.0. The third-order valence-corrected chi connectivity index (χ3v) is 2.68. The average molecular weight is 250 g/mol. The van der Waals surface area contributed by atoms with Crippen molar-refractivity contribution in [2.45, 2.75) is 13.5 Å². The molecule has 2 N–H and O–H groups in total. The molecule has 1 rings (SSSR count). The lowest BCUT2D eigenvalue weighted by atomic mass is 10.1. The molecule has 98 valence electrons. The van der Waals surface area contributed by atoms with Crippen LogP contribution in [0.5, 0.6) is 0 Å². The standard InChI is InChI=1S/C13H18N2O3/c1-9(13(17)18)12(16)14-8-10-4-6-11(7-5-10)15(2)3/h4-7,9H,8H2,1-3H3,(H,14,16)(H,17,18). The van der Waals surface area contributed by atoms with E-state index in [0.29, 0.717) is 6.54 Å². The van der Waals surface area contributed by atoms with E-state index in [2.05, 4.69) is 5.32 Å². The quantitative estimate of drug-likeness (QED) is 0.767. The molecule has 0 saturated heterocycles. The molecule has 5 heteroatoms. The molecule has 0 spiro atoms. The third kappa shape index (κ3) is 3.76. The van der Waals surface area contributed by atoms with Crippen LogP contribution in [0.4, 0.5) is 5.69 Å². The Balaban J connectivity index is 2.54. The maximum Gasteiger partial charge on any atom is 0.315 e. The molecule has 0 aliphatic heterocycles. The SMILES string of the molecule is CC(C(=O)O)C(=O)NCc1ccc(N(C)C)cc1. The van der Waals surface area contributed by atoms with Gasteiger partial charge in [0.05, 0.1) is 0 Å². The number of rotatable bonds is 5. The molecule has 0 bridgehead atoms. The van der Waals surface area contributed by atoms with Crippen LogP contribution in [0.15, 0.2) is 24.3 Å². The lowest BCUT2D eigenvalue weighted by Gasteiger charge is -2.13. The van der Waals surface area contributed by atoms with Crippen molar-refractivity contribution >= 4 is 17.6 Å². The average Bonchev–Trinajstić information content (AvgIpc) is 2.35. The van der Waals surface area contributed by atoms with Gasteiger partial charge in [0.15, 0.2) is 0 Å². The number of hydrogen-bond donors (Lipinski definition) is 2. The monoisotopic (exact) mass is 250 g/mol. The van der Waals surface area contributed by atoms with Crippen molar-refractivity contribution in [3.8, 4) is 0 Å². The highest BCUT2D eigenvalue weighted by molar-refractivity contribution is 5.96. The Labute approximate surface area is 106 Å². The van der Waals surface area contributed by atoms with Gasteiger partial charge in [-0.3, -0.25) is 9.59 Å². The summed E-state index contributed by atoms with van der Waals surface area (Å²) in [6.07, 6.45) is 0. The van der Waals surface area contributed by atoms with Gasteiger partial charge in [-0.15, -0.1) is 0 Å². The topological polar surface area (TPSA) is 69.6 Å². The first-order valence-corrected chi connectivity index (χ1v) is 5.68. The van der Waals surface area contributed by atoms with Crippen molar-refractivity contribution < 1.29 is 14.7 Å². The summed E-state index contributed by atoms with van der Waals surface area (Å²) in [5.41, 5.74) is 2.01. The highest BCUT2D eigenvalue weighted by Crippen LogP contribution is 2.12. The zero-order valence-electron chi connectivity index (χ0n) is 10.8. The first-order valence-electron chi connectivity index (χ1n) is 5.68. The third-order valence-electron chi connectivity index (χ3n) is 2.68. The second-order valence-corrected chi connectivity index (χ2v) is 4.34. The van der Waals surface area contributed by atoms with Crippen molar-refractivity contribution in [2.24, 2.45) is 5.92 Å². The molecular weight excluding hydrogens is 232 g/mol. The van der Waals surface area contributed by atoms with Gasteiger partial charge in [0.1, 0.15) is 5.92 Å². The van der Waals surface area contributed by atoms with Gasteiger partial charge in [-0.1, -0.05) is 12.1 Å². The molecule has 0 saturated carbocycles. The van der Waals surface area contributed by atoms with Gasteiger partial charge in [-0.05, 0) is 24.6 Å². The summed E-state index contributed by atoms with van der Waals surface area (Å²) >= 11 is 0. The molecular formula is C13H18N2O3. The normalized spacial score (nSPS) is 11.7. The molecule has 5 nitrogen and oxygen atoms in total. The van der Waals surface area contributed by atoms with Gasteiger partial charge in [-0.2, -0.15) is 0 Å². The Morgan fingerprint density at radius 3 is 2.28 bits per heavy atom. The molecule has 1 aromatic carbocycles. The lowest BCUT2D eigenvalue weighted by molar-refractivity contribution is -0.146. The number of nitrogens with one attached hydrogen (secondary N) is 1. The number of carboxylic acid groups (broad SMARTS) is 1. The van der Waals surface area contributed by atoms with E-state index in [4.69, 9.17) is 5.11 Å². The number of carbonyl (C=O) groups excluding carboxylic acids is 1. The fourth-order valence-corrected chi connectivity index (χ4v) is 1.37. The number of anilines is 1. The molecule has 0 aliphatic carbocycles. The van der Waals surface area contributed by atoms with E-state index >= 15 is 0 Å². The molecule has 18 heavy (non-hydrogen) atoms. The summed E-state index contributed by atoms with van der Waals surface area (Å²) in [6, 6.07) is 7.70. The molecule has 0 heterocycles. The molecule has 0 aliphatic rings. The summed E-state index contributed by atoms with van der Waals surface area (Å²) in [7, 11) is 3.90. The van der Waals surface area contributed by atoms with Gasteiger partial charge >= 0.3 is 5.97 Å². The molecule has 0 fully saturated rings. The number of benzene rings is 1. The number of amides is 1. The van der Waals surface area contributed by atoms with Crippen LogP contribution in [0.1, 0.15) is 12.5 Å². The van der Waals surface area contributed by atoms with Crippen molar-refractivity contribution in [3.05, 3.63) is 29.8 Å². The van der Waals surface area contributed by atoms with E-state index in [1.807, 2.05) is 43.3 Å². The van der Waals surface area contributed by atoms with Crippen molar-refractivity contribution in [1.29, 1.82) is 0 Å². The lowest BCUT2D eigenvalue weighted by Crippen LogP contribution is -2.33. The van der Waals surface area contributed by atoms with Crippen LogP contribution in [0, 0.1) is 5.92 Å². The van der Waals surface area contributed by atoms with Crippen LogP contribution in [0.2, 0.25) is 0 Å². The van der Waals surface area contributed by atoms with Crippen LogP contribution in [-0.4, -0.2) is 31.1 Å². The number of carbonyl (C=O) groups is 2. The second-order valence-electron chi connectivity index (χ2n) is 4.34. The van der Waals surface area contributed by atoms with Gasteiger partial charge in [-0.25, -0.2) is 0 Å². The maximum absolute atomic E-state index is 11.4. The molecule has 1 unspecified atom stereocenters. The molecule has 1 amide bonds. The molecule has 1 aromatic rings. The number of aliphatic carboxylic acids is 1. The predicted octanol–water partition coefficient (Wildman–Crippen LogP) is 1.09. The highest BCUT2D eigenvalue weighted by Gasteiger charge is 2.19. The molecule has 0 aromatic heterocycles. The Morgan fingerprint density at radius 1 is 1.28 bits per heavy atom. The van der Waals surface area contributed by atoms with E-state index in [1.165, 1.54) is 6.92 Å². The largest absolute Gasteiger partial charge is 0.481 e. The van der Waals surface area contributed by atoms with E-state index in [0.717, 1.165) is 11.3 Å². The Bertz CT molecular complexity index is 426. The van der Waals surface area contributed by atoms with Crippen LogP contribution in [0.25, 0.3) is 0 Å². The minimum atomic E-state index is -1.12. The Kier molecular flexibility index (Phi) is 4.71. The van der Waals surface area contributed by atoms with Crippen LogP contribution in [-0.2, 0) is 16.1 Å². The van der Waals surface area contributed by atoms with Crippen molar-refractivity contribution in [1.82, 2.24) is 5.32 Å². The van der Waals surface area contributed by atoms with Gasteiger partial charge in [0, 0.05) is 26.3 Å². The molecule has 0 radical (unpaired) electrons. The Hall–Kier alpha value is -2.04. The second kappa shape index (κ2) is 6.05. The minimum absolute atomic E-state index is 0.337. The number of nitrogens with zero attached hydrogens (tertiary/aromatic N) is 1. The first-order chi connectivity index (χ1) is 8.41. The Morgan fingerprint density at radius 2 is 1.83 bits per heavy atom. The van der Waals surface area contributed by atoms with Crippen LogP contribution in [0.3, 0.4) is 0 Å². The van der Waals surface area contributed by atoms with Gasteiger partial charge in [0.25, 0.3) is 0 Å². The first kappa shape index (κ1) is 14.0. The van der Waals surface area contributed by atoms with E-state index in [1.54, 1.807) is 0 Å². The summed E-state index contributed by atoms with van der Waals surface area (Å²) in [6.45, 7) is 1.71. The predicted molar refractivity (Wildman–Crippen MR) is 69.4 cm³/mol. The van der Waals surface area contributed by atoms with E-state index in [9.17, 15) is 9.59 Å². The highest BCUT2D eigenvalue weighted by atomic mass is 16.4. The number of hydrogen-bond acceptors (Lipinski definition) is 3. The van der Waals surface area contributed by atoms with Crippen LogP contribution >= 0.6 is 0 Å². The fourth-order valence-electron chi connectivity index (χ4n) is 1.37. The van der Waals surface area contributed by atoms with E-state index in [-0.39, 0.29) is 0 Å². The summed E-state index contributed by atoms with van der Waals surface area (Å²) < 4.78 is 0.